The van der Waals surface area contributed by atoms with Crippen LogP contribution in [0.2, 0.25) is 0 Å². The van der Waals surface area contributed by atoms with Crippen LogP contribution in [0.3, 0.4) is 0 Å². The van der Waals surface area contributed by atoms with Crippen molar-refractivity contribution in [1.82, 2.24) is 15.5 Å². The molecule has 1 aromatic rings. The minimum absolute atomic E-state index is 0.0406. The van der Waals surface area contributed by atoms with Gasteiger partial charge in [0.1, 0.15) is 5.60 Å². The number of aromatic nitrogens is 2. The molecule has 0 radical (unpaired) electrons. The Morgan fingerprint density at radius 3 is 2.58 bits per heavy atom. The maximum Gasteiger partial charge on any atom is 0.233 e. The fraction of sp³-hybridized carbons (Fsp3) is 0.857. The van der Waals surface area contributed by atoms with E-state index in [1.54, 1.807) is 7.11 Å². The maximum atomic E-state index is 5.58. The van der Waals surface area contributed by atoms with Crippen molar-refractivity contribution in [3.63, 3.8) is 0 Å². The van der Waals surface area contributed by atoms with E-state index in [-0.39, 0.29) is 5.41 Å². The number of hydrogen-bond donors (Lipinski definition) is 1. The molecule has 1 saturated heterocycles. The third kappa shape index (κ3) is 2.54. The Bertz CT molecular complexity index is 407. The summed E-state index contributed by atoms with van der Waals surface area (Å²) in [4.78, 5) is 4.66. The molecule has 19 heavy (non-hydrogen) atoms. The van der Waals surface area contributed by atoms with Crippen molar-refractivity contribution >= 4 is 0 Å². The predicted octanol–water partition coefficient (Wildman–Crippen LogP) is 2.37. The van der Waals surface area contributed by atoms with E-state index in [0.717, 1.165) is 44.7 Å². The van der Waals surface area contributed by atoms with Gasteiger partial charge in [0.25, 0.3) is 0 Å². The lowest BCUT2D eigenvalue weighted by Crippen LogP contribution is -2.39. The molecule has 2 rings (SSSR count). The first-order valence-corrected chi connectivity index (χ1v) is 7.21. The summed E-state index contributed by atoms with van der Waals surface area (Å²) in [7, 11) is 1.69. The lowest BCUT2D eigenvalue weighted by molar-refractivity contribution is -0.0106. The Hall–Kier alpha value is -0.940. The Balaban J connectivity index is 2.29. The van der Waals surface area contributed by atoms with E-state index in [0.29, 0.717) is 5.82 Å². The molecule has 1 aromatic heterocycles. The van der Waals surface area contributed by atoms with Crippen molar-refractivity contribution in [3.05, 3.63) is 11.7 Å². The second kappa shape index (κ2) is 5.59. The molecule has 1 aliphatic heterocycles. The number of piperidine rings is 1. The minimum atomic E-state index is -0.455. The molecule has 1 N–H and O–H groups in total. The zero-order chi connectivity index (χ0) is 13.9. The highest BCUT2D eigenvalue weighted by atomic mass is 16.5. The first-order valence-electron chi connectivity index (χ1n) is 7.21. The molecular formula is C14H25N3O2. The minimum Gasteiger partial charge on any atom is -0.370 e. The van der Waals surface area contributed by atoms with Crippen molar-refractivity contribution in [2.45, 2.75) is 57.5 Å². The molecule has 5 nitrogen and oxygen atoms in total. The van der Waals surface area contributed by atoms with E-state index in [4.69, 9.17) is 9.26 Å². The van der Waals surface area contributed by atoms with Crippen LogP contribution in [0.15, 0.2) is 4.52 Å². The molecule has 0 amide bonds. The summed E-state index contributed by atoms with van der Waals surface area (Å²) in [5.74, 6) is 1.45. The van der Waals surface area contributed by atoms with E-state index in [2.05, 4.69) is 29.3 Å². The van der Waals surface area contributed by atoms with Crippen LogP contribution in [-0.4, -0.2) is 30.3 Å². The topological polar surface area (TPSA) is 60.2 Å². The van der Waals surface area contributed by atoms with Crippen molar-refractivity contribution < 1.29 is 9.26 Å². The van der Waals surface area contributed by atoms with Crippen molar-refractivity contribution in [3.8, 4) is 0 Å². The molecule has 1 aliphatic rings. The summed E-state index contributed by atoms with van der Waals surface area (Å²) < 4.78 is 11.1. The van der Waals surface area contributed by atoms with E-state index >= 15 is 0 Å². The summed E-state index contributed by atoms with van der Waals surface area (Å²) in [6.45, 7) is 8.30. The van der Waals surface area contributed by atoms with Crippen LogP contribution in [0.4, 0.5) is 0 Å². The summed E-state index contributed by atoms with van der Waals surface area (Å²) in [5.41, 5.74) is -0.414. The van der Waals surface area contributed by atoms with E-state index < -0.39 is 5.60 Å². The standard InChI is InChI=1S/C14H25N3O2/c1-5-13(3,18-4)11-16-12(19-17-11)14(6-2)7-9-15-10-8-14/h15H,5-10H2,1-4H3. The van der Waals surface area contributed by atoms with Gasteiger partial charge < -0.3 is 14.6 Å². The van der Waals surface area contributed by atoms with Crippen LogP contribution in [0, 0.1) is 0 Å². The summed E-state index contributed by atoms with van der Waals surface area (Å²) in [6.07, 6.45) is 3.97. The van der Waals surface area contributed by atoms with Gasteiger partial charge in [-0.3, -0.25) is 0 Å². The normalized spacial score (nSPS) is 22.1. The molecule has 0 spiro atoms. The molecule has 108 valence electrons. The first-order chi connectivity index (χ1) is 9.10. The number of methoxy groups -OCH3 is 1. The van der Waals surface area contributed by atoms with Crippen LogP contribution in [0.5, 0.6) is 0 Å². The summed E-state index contributed by atoms with van der Waals surface area (Å²) >= 11 is 0. The average molecular weight is 267 g/mol. The van der Waals surface area contributed by atoms with E-state index in [9.17, 15) is 0 Å². The predicted molar refractivity (Wildman–Crippen MR) is 73.0 cm³/mol. The summed E-state index contributed by atoms with van der Waals surface area (Å²) in [6, 6.07) is 0. The van der Waals surface area contributed by atoms with Gasteiger partial charge in [-0.05, 0) is 45.7 Å². The van der Waals surface area contributed by atoms with Crippen LogP contribution in [0.25, 0.3) is 0 Å². The number of hydrogen-bond acceptors (Lipinski definition) is 5. The fourth-order valence-electron chi connectivity index (χ4n) is 2.67. The smallest absolute Gasteiger partial charge is 0.233 e. The Kier molecular flexibility index (Phi) is 4.26. The van der Waals surface area contributed by atoms with Gasteiger partial charge in [-0.25, -0.2) is 0 Å². The van der Waals surface area contributed by atoms with Crippen molar-refractivity contribution in [2.24, 2.45) is 0 Å². The van der Waals surface area contributed by atoms with Crippen LogP contribution in [0.1, 0.15) is 58.2 Å². The molecule has 1 atom stereocenters. The maximum absolute atomic E-state index is 5.58. The number of nitrogens with one attached hydrogen (secondary N) is 1. The first kappa shape index (κ1) is 14.5. The number of rotatable bonds is 5. The number of ether oxygens (including phenoxy) is 1. The van der Waals surface area contributed by atoms with Gasteiger partial charge in [0.05, 0.1) is 5.41 Å². The Morgan fingerprint density at radius 2 is 2.05 bits per heavy atom. The van der Waals surface area contributed by atoms with Gasteiger partial charge in [-0.15, -0.1) is 0 Å². The van der Waals surface area contributed by atoms with Gasteiger partial charge in [0, 0.05) is 7.11 Å². The highest BCUT2D eigenvalue weighted by Crippen LogP contribution is 2.37. The highest BCUT2D eigenvalue weighted by Gasteiger charge is 2.39. The molecule has 5 heteroatoms. The zero-order valence-electron chi connectivity index (χ0n) is 12.5. The fourth-order valence-corrected chi connectivity index (χ4v) is 2.67. The van der Waals surface area contributed by atoms with Crippen LogP contribution < -0.4 is 5.32 Å². The van der Waals surface area contributed by atoms with Crippen LogP contribution >= 0.6 is 0 Å². The molecule has 1 unspecified atom stereocenters. The zero-order valence-corrected chi connectivity index (χ0v) is 12.5. The lowest BCUT2D eigenvalue weighted by Gasteiger charge is -2.33. The van der Waals surface area contributed by atoms with Crippen molar-refractivity contribution in [2.75, 3.05) is 20.2 Å². The van der Waals surface area contributed by atoms with Gasteiger partial charge in [-0.1, -0.05) is 19.0 Å². The molecule has 0 saturated carbocycles. The lowest BCUT2D eigenvalue weighted by atomic mass is 9.76. The molecule has 2 heterocycles. The molecule has 0 aromatic carbocycles. The summed E-state index contributed by atoms with van der Waals surface area (Å²) in [5, 5.41) is 7.56. The quantitative estimate of drug-likeness (QED) is 0.887. The highest BCUT2D eigenvalue weighted by molar-refractivity contribution is 5.10. The van der Waals surface area contributed by atoms with Gasteiger partial charge >= 0.3 is 0 Å². The second-order valence-corrected chi connectivity index (χ2v) is 5.60. The SMILES string of the molecule is CCC1(c2nc(C(C)(CC)OC)no2)CCNCC1. The van der Waals surface area contributed by atoms with Gasteiger partial charge in [0.2, 0.25) is 11.7 Å². The van der Waals surface area contributed by atoms with Crippen LogP contribution in [-0.2, 0) is 15.8 Å². The van der Waals surface area contributed by atoms with Gasteiger partial charge in [-0.2, -0.15) is 4.98 Å². The van der Waals surface area contributed by atoms with Crippen molar-refractivity contribution in [1.29, 1.82) is 0 Å². The molecule has 0 bridgehead atoms. The van der Waals surface area contributed by atoms with E-state index in [1.807, 2.05) is 6.92 Å². The molecular weight excluding hydrogens is 242 g/mol. The number of nitrogens with zero attached hydrogens (tertiary/aromatic N) is 2. The average Bonchev–Trinajstić information content (AvgIpc) is 2.98. The van der Waals surface area contributed by atoms with E-state index in [1.165, 1.54) is 0 Å². The Morgan fingerprint density at radius 1 is 1.37 bits per heavy atom. The molecule has 0 aliphatic carbocycles. The molecule has 1 fully saturated rings. The third-order valence-corrected chi connectivity index (χ3v) is 4.72. The second-order valence-electron chi connectivity index (χ2n) is 5.60. The monoisotopic (exact) mass is 267 g/mol. The Labute approximate surface area is 115 Å². The third-order valence-electron chi connectivity index (χ3n) is 4.72. The van der Waals surface area contributed by atoms with Gasteiger partial charge in [0.15, 0.2) is 0 Å². The largest absolute Gasteiger partial charge is 0.370 e.